The lowest BCUT2D eigenvalue weighted by atomic mass is 10.1. The summed E-state index contributed by atoms with van der Waals surface area (Å²) < 4.78 is 84.1. The second kappa shape index (κ2) is 10.1. The van der Waals surface area contributed by atoms with E-state index in [1.165, 1.54) is 12.1 Å². The summed E-state index contributed by atoms with van der Waals surface area (Å²) in [7, 11) is -4.06. The van der Waals surface area contributed by atoms with Gasteiger partial charge in [0.05, 0.1) is 24.2 Å². The van der Waals surface area contributed by atoms with Gasteiger partial charge in [-0.3, -0.25) is 4.72 Å². The molecule has 3 aromatic carbocycles. The van der Waals surface area contributed by atoms with Crippen LogP contribution in [0.25, 0.3) is 11.1 Å². The van der Waals surface area contributed by atoms with Gasteiger partial charge in [0.1, 0.15) is 17.2 Å². The minimum Gasteiger partial charge on any atom is -0.441 e. The van der Waals surface area contributed by atoms with Crippen LogP contribution in [0.1, 0.15) is 24.5 Å². The highest BCUT2D eigenvalue weighted by atomic mass is 32.2. The molecular formula is C26H24F3N3O4S. The summed E-state index contributed by atoms with van der Waals surface area (Å²) in [6.45, 7) is 2.41. The molecule has 1 aliphatic carbocycles. The van der Waals surface area contributed by atoms with Gasteiger partial charge in [0, 0.05) is 5.92 Å². The molecule has 0 aliphatic heterocycles. The van der Waals surface area contributed by atoms with Crippen LogP contribution in [-0.2, 0) is 27.8 Å². The number of ether oxygens (including phenoxy) is 1. The Kier molecular flexibility index (Phi) is 6.82. The van der Waals surface area contributed by atoms with Gasteiger partial charge in [-0.1, -0.05) is 43.3 Å². The van der Waals surface area contributed by atoms with Crippen molar-refractivity contribution in [3.8, 4) is 0 Å². The number of benzene rings is 3. The molecule has 0 radical (unpaired) electrons. The van der Waals surface area contributed by atoms with E-state index in [0.717, 1.165) is 12.0 Å². The summed E-state index contributed by atoms with van der Waals surface area (Å²) in [5.74, 6) is -3.74. The van der Waals surface area contributed by atoms with E-state index in [-0.39, 0.29) is 29.5 Å². The quantitative estimate of drug-likeness (QED) is 0.265. The Labute approximate surface area is 211 Å². The number of aromatic nitrogens is 1. The molecule has 0 bridgehead atoms. The van der Waals surface area contributed by atoms with E-state index in [1.807, 2.05) is 37.3 Å². The number of sulfonamides is 1. The van der Waals surface area contributed by atoms with E-state index in [1.54, 1.807) is 6.07 Å². The molecule has 0 saturated heterocycles. The molecule has 2 atom stereocenters. The third-order valence-electron chi connectivity index (χ3n) is 6.31. The van der Waals surface area contributed by atoms with E-state index < -0.39 is 43.9 Å². The van der Waals surface area contributed by atoms with Gasteiger partial charge in [0.15, 0.2) is 29.1 Å². The van der Waals surface area contributed by atoms with Crippen LogP contribution in [0.5, 0.6) is 0 Å². The van der Waals surface area contributed by atoms with Crippen LogP contribution in [0.2, 0.25) is 0 Å². The first-order valence-corrected chi connectivity index (χ1v) is 13.3. The highest BCUT2D eigenvalue weighted by molar-refractivity contribution is 7.93. The number of halogens is 3. The molecule has 2 unspecified atom stereocenters. The zero-order valence-corrected chi connectivity index (χ0v) is 20.6. The largest absolute Gasteiger partial charge is 0.441 e. The predicted molar refractivity (Wildman–Crippen MR) is 134 cm³/mol. The van der Waals surface area contributed by atoms with Crippen molar-refractivity contribution < 1.29 is 30.7 Å². The first kappa shape index (κ1) is 25.1. The summed E-state index contributed by atoms with van der Waals surface area (Å²) in [4.78, 5) is 3.66. The van der Waals surface area contributed by atoms with Crippen molar-refractivity contribution in [3.05, 3.63) is 83.5 Å². The Balaban J connectivity index is 1.39. The standard InChI is InChI=1S/C26H24F3N3O4S/c1-2-15-8-9-19(18(27)10-15)31-23-21(28)22(29)24-26(36-14-30-24)25(23)32-37(33,34)20-11-17(20)13-35-12-16-6-4-3-5-7-16/h3-10,14,17,20,31-32H,2,11-13H2,1H3. The van der Waals surface area contributed by atoms with Crippen molar-refractivity contribution in [3.63, 3.8) is 0 Å². The molecule has 11 heteroatoms. The van der Waals surface area contributed by atoms with Gasteiger partial charge in [-0.2, -0.15) is 0 Å². The van der Waals surface area contributed by atoms with Crippen molar-refractivity contribution >= 4 is 38.2 Å². The average molecular weight is 532 g/mol. The number of anilines is 3. The Morgan fingerprint density at radius 2 is 1.84 bits per heavy atom. The van der Waals surface area contributed by atoms with Crippen molar-refractivity contribution in [2.24, 2.45) is 5.92 Å². The SMILES string of the molecule is CCc1ccc(Nc2c(F)c(F)c3ncoc3c2NS(=O)(=O)C2CC2COCc2ccccc2)c(F)c1. The van der Waals surface area contributed by atoms with Crippen LogP contribution in [0, 0.1) is 23.4 Å². The van der Waals surface area contributed by atoms with Gasteiger partial charge in [-0.15, -0.1) is 0 Å². The fourth-order valence-corrected chi connectivity index (χ4v) is 5.86. The van der Waals surface area contributed by atoms with E-state index in [4.69, 9.17) is 9.15 Å². The monoisotopic (exact) mass is 531 g/mol. The molecule has 7 nitrogen and oxygen atoms in total. The zero-order valence-electron chi connectivity index (χ0n) is 19.8. The summed E-state index contributed by atoms with van der Waals surface area (Å²) in [5, 5.41) is 1.70. The van der Waals surface area contributed by atoms with E-state index in [2.05, 4.69) is 15.0 Å². The van der Waals surface area contributed by atoms with Crippen molar-refractivity contribution in [1.29, 1.82) is 0 Å². The molecule has 37 heavy (non-hydrogen) atoms. The summed E-state index contributed by atoms with van der Waals surface area (Å²) in [6, 6.07) is 13.7. The van der Waals surface area contributed by atoms with Crippen LogP contribution in [-0.4, -0.2) is 25.3 Å². The zero-order chi connectivity index (χ0) is 26.2. The molecule has 1 aliphatic rings. The highest BCUT2D eigenvalue weighted by Crippen LogP contribution is 2.43. The Bertz CT molecular complexity index is 1540. The molecule has 0 amide bonds. The lowest BCUT2D eigenvalue weighted by Crippen LogP contribution is -2.21. The Morgan fingerprint density at radius 3 is 2.57 bits per heavy atom. The first-order valence-electron chi connectivity index (χ1n) is 11.7. The molecule has 1 aromatic heterocycles. The smallest absolute Gasteiger partial charge is 0.236 e. The van der Waals surface area contributed by atoms with E-state index in [0.29, 0.717) is 25.0 Å². The van der Waals surface area contributed by atoms with Crippen molar-refractivity contribution in [2.45, 2.75) is 31.6 Å². The van der Waals surface area contributed by atoms with Gasteiger partial charge in [0.25, 0.3) is 0 Å². The van der Waals surface area contributed by atoms with Crippen molar-refractivity contribution in [2.75, 3.05) is 16.6 Å². The fourth-order valence-electron chi connectivity index (χ4n) is 4.14. The molecule has 0 spiro atoms. The van der Waals surface area contributed by atoms with Gasteiger partial charge in [-0.05, 0) is 36.1 Å². The van der Waals surface area contributed by atoms with Crippen LogP contribution in [0.15, 0.2) is 59.3 Å². The third kappa shape index (κ3) is 5.14. The first-order chi connectivity index (χ1) is 17.8. The lowest BCUT2D eigenvalue weighted by Gasteiger charge is -2.17. The van der Waals surface area contributed by atoms with Gasteiger partial charge in [-0.25, -0.2) is 26.6 Å². The number of hydrogen-bond donors (Lipinski definition) is 2. The van der Waals surface area contributed by atoms with Crippen molar-refractivity contribution in [1.82, 2.24) is 4.98 Å². The minimum absolute atomic E-state index is 0.159. The summed E-state index contributed by atoms with van der Waals surface area (Å²) in [5.41, 5.74) is -0.282. The molecule has 1 saturated carbocycles. The Morgan fingerprint density at radius 1 is 1.05 bits per heavy atom. The van der Waals surface area contributed by atoms with Crippen LogP contribution in [0.3, 0.4) is 0 Å². The highest BCUT2D eigenvalue weighted by Gasteiger charge is 2.48. The molecule has 194 valence electrons. The number of hydrogen-bond acceptors (Lipinski definition) is 6. The lowest BCUT2D eigenvalue weighted by molar-refractivity contribution is 0.111. The number of nitrogens with zero attached hydrogens (tertiary/aromatic N) is 1. The second-order valence-corrected chi connectivity index (χ2v) is 10.8. The fraction of sp³-hybridized carbons (Fsp3) is 0.269. The Hall–Kier alpha value is -3.57. The second-order valence-electron chi connectivity index (χ2n) is 8.88. The van der Waals surface area contributed by atoms with E-state index >= 15 is 4.39 Å². The van der Waals surface area contributed by atoms with Crippen LogP contribution >= 0.6 is 0 Å². The van der Waals surface area contributed by atoms with Gasteiger partial charge >= 0.3 is 0 Å². The predicted octanol–water partition coefficient (Wildman–Crippen LogP) is 5.90. The normalized spacial score (nSPS) is 17.2. The molecule has 4 aromatic rings. The molecular weight excluding hydrogens is 507 g/mol. The van der Waals surface area contributed by atoms with Gasteiger partial charge in [0.2, 0.25) is 10.0 Å². The van der Waals surface area contributed by atoms with Gasteiger partial charge < -0.3 is 14.5 Å². The van der Waals surface area contributed by atoms with Crippen LogP contribution in [0.4, 0.5) is 30.2 Å². The maximum Gasteiger partial charge on any atom is 0.236 e. The minimum atomic E-state index is -4.06. The number of fused-ring (bicyclic) bond motifs is 1. The molecule has 1 fully saturated rings. The maximum atomic E-state index is 15.1. The average Bonchev–Trinajstić information content (AvgIpc) is 3.52. The summed E-state index contributed by atoms with van der Waals surface area (Å²) in [6.07, 6.45) is 1.79. The maximum absolute atomic E-state index is 15.1. The summed E-state index contributed by atoms with van der Waals surface area (Å²) >= 11 is 0. The van der Waals surface area contributed by atoms with E-state index in [9.17, 15) is 17.2 Å². The number of aryl methyl sites for hydroxylation is 1. The number of oxazole rings is 1. The third-order valence-corrected chi connectivity index (χ3v) is 8.17. The number of rotatable bonds is 10. The molecule has 2 N–H and O–H groups in total. The topological polar surface area (TPSA) is 93.5 Å². The molecule has 1 heterocycles. The molecule has 5 rings (SSSR count). The van der Waals surface area contributed by atoms with Crippen LogP contribution < -0.4 is 10.0 Å². The number of nitrogens with one attached hydrogen (secondary N) is 2.